The van der Waals surface area contributed by atoms with E-state index in [-0.39, 0.29) is 69.3 Å². The summed E-state index contributed by atoms with van der Waals surface area (Å²) < 4.78 is 4.78. The molecule has 0 aliphatic carbocycles. The molecule has 1 aromatic carbocycles. The van der Waals surface area contributed by atoms with E-state index in [2.05, 4.69) is 0 Å². The van der Waals surface area contributed by atoms with Crippen LogP contribution in [0.25, 0.3) is 0 Å². The zero-order valence-electron chi connectivity index (χ0n) is 10.9. The number of carboxylic acid groups (broad SMARTS) is 1. The van der Waals surface area contributed by atoms with Crippen LogP contribution in [0, 0.1) is 0 Å². The first kappa shape index (κ1) is 19.3. The van der Waals surface area contributed by atoms with E-state index in [9.17, 15) is 14.7 Å². The SMILES string of the molecule is CCOC(=O)C(N)=C(C)C(C(=O)O)c1ccccc1.[KH]. The third kappa shape index (κ3) is 5.03. The van der Waals surface area contributed by atoms with Crippen LogP contribution in [0.3, 0.4) is 0 Å². The molecule has 5 nitrogen and oxygen atoms in total. The number of carbonyl (C=O) groups excluding carboxylic acids is 1. The Morgan fingerprint density at radius 3 is 2.30 bits per heavy atom. The second-order valence-corrected chi connectivity index (χ2v) is 4.00. The van der Waals surface area contributed by atoms with Crippen molar-refractivity contribution in [3.05, 3.63) is 47.2 Å². The molecule has 3 N–H and O–H groups in total. The number of rotatable bonds is 5. The average Bonchev–Trinajstić information content (AvgIpc) is 2.39. The van der Waals surface area contributed by atoms with Crippen molar-refractivity contribution in [2.75, 3.05) is 6.61 Å². The standard InChI is InChI=1S/C14H17NO4.K.H/c1-3-19-14(18)12(15)9(2)11(13(16)17)10-7-5-4-6-8-10;;/h4-8,11H,3,15H2,1-2H3,(H,16,17);;. The summed E-state index contributed by atoms with van der Waals surface area (Å²) in [4.78, 5) is 22.9. The van der Waals surface area contributed by atoms with Crippen LogP contribution in [0.1, 0.15) is 25.3 Å². The second-order valence-electron chi connectivity index (χ2n) is 4.00. The summed E-state index contributed by atoms with van der Waals surface area (Å²) in [6.07, 6.45) is 0. The Bertz CT molecular complexity index is 499. The van der Waals surface area contributed by atoms with E-state index in [1.165, 1.54) is 6.92 Å². The normalized spacial score (nSPS) is 12.7. The van der Waals surface area contributed by atoms with Gasteiger partial charge in [0.15, 0.2) is 0 Å². The van der Waals surface area contributed by atoms with Crippen molar-refractivity contribution >= 4 is 63.3 Å². The fourth-order valence-electron chi connectivity index (χ4n) is 1.75. The molecule has 0 saturated heterocycles. The van der Waals surface area contributed by atoms with Gasteiger partial charge in [-0.15, -0.1) is 0 Å². The molecule has 0 radical (unpaired) electrons. The zero-order chi connectivity index (χ0) is 14.4. The van der Waals surface area contributed by atoms with Crippen LogP contribution in [0.2, 0.25) is 0 Å². The number of nitrogens with two attached hydrogens (primary N) is 1. The van der Waals surface area contributed by atoms with Gasteiger partial charge >= 0.3 is 63.3 Å². The number of hydrogen-bond donors (Lipinski definition) is 2. The molecule has 20 heavy (non-hydrogen) atoms. The Hall–Kier alpha value is -0.664. The zero-order valence-corrected chi connectivity index (χ0v) is 10.9. The van der Waals surface area contributed by atoms with E-state index in [0.29, 0.717) is 5.56 Å². The van der Waals surface area contributed by atoms with Crippen LogP contribution in [0.4, 0.5) is 0 Å². The molecule has 0 saturated carbocycles. The first-order chi connectivity index (χ1) is 8.99. The predicted molar refractivity (Wildman–Crippen MR) is 77.5 cm³/mol. The van der Waals surface area contributed by atoms with Gasteiger partial charge in [0.1, 0.15) is 11.6 Å². The molecule has 0 amide bonds. The molecule has 0 spiro atoms. The second kappa shape index (κ2) is 9.31. The molecule has 6 heteroatoms. The molecule has 104 valence electrons. The molecule has 1 atom stereocenters. The summed E-state index contributed by atoms with van der Waals surface area (Å²) in [7, 11) is 0. The fraction of sp³-hybridized carbons (Fsp3) is 0.286. The van der Waals surface area contributed by atoms with Gasteiger partial charge in [-0.3, -0.25) is 4.79 Å². The van der Waals surface area contributed by atoms with Gasteiger partial charge in [0, 0.05) is 0 Å². The van der Waals surface area contributed by atoms with E-state index >= 15 is 0 Å². The Morgan fingerprint density at radius 2 is 1.85 bits per heavy atom. The molecule has 1 rings (SSSR count). The van der Waals surface area contributed by atoms with Crippen molar-refractivity contribution < 1.29 is 19.4 Å². The Kier molecular flexibility index (Phi) is 9.00. The summed E-state index contributed by atoms with van der Waals surface area (Å²) >= 11 is 0. The van der Waals surface area contributed by atoms with Crippen molar-refractivity contribution in [2.45, 2.75) is 19.8 Å². The van der Waals surface area contributed by atoms with E-state index in [4.69, 9.17) is 10.5 Å². The Morgan fingerprint density at radius 1 is 1.30 bits per heavy atom. The molecular formula is C14H18KNO4. The van der Waals surface area contributed by atoms with Crippen LogP contribution in [-0.4, -0.2) is 75.0 Å². The molecule has 0 aromatic heterocycles. The van der Waals surface area contributed by atoms with Crippen LogP contribution >= 0.6 is 0 Å². The number of esters is 1. The van der Waals surface area contributed by atoms with Gasteiger partial charge in [0.05, 0.1) is 6.61 Å². The molecule has 0 aliphatic heterocycles. The van der Waals surface area contributed by atoms with E-state index in [1.54, 1.807) is 37.3 Å². The predicted octanol–water partition coefficient (Wildman–Crippen LogP) is 1.00. The minimum absolute atomic E-state index is 0. The maximum atomic E-state index is 11.5. The quantitative estimate of drug-likeness (QED) is 0.481. The monoisotopic (exact) mass is 303 g/mol. The van der Waals surface area contributed by atoms with Gasteiger partial charge in [-0.2, -0.15) is 0 Å². The maximum absolute atomic E-state index is 11.5. The van der Waals surface area contributed by atoms with Gasteiger partial charge in [0.2, 0.25) is 0 Å². The molecule has 0 bridgehead atoms. The first-order valence-corrected chi connectivity index (χ1v) is 5.90. The number of carbonyl (C=O) groups is 2. The summed E-state index contributed by atoms with van der Waals surface area (Å²) in [6.45, 7) is 3.38. The van der Waals surface area contributed by atoms with E-state index in [0.717, 1.165) is 0 Å². The number of hydrogen-bond acceptors (Lipinski definition) is 4. The van der Waals surface area contributed by atoms with Crippen LogP contribution in [-0.2, 0) is 14.3 Å². The summed E-state index contributed by atoms with van der Waals surface area (Å²) in [6, 6.07) is 8.62. The Labute approximate surface area is 160 Å². The van der Waals surface area contributed by atoms with Crippen molar-refractivity contribution in [1.82, 2.24) is 0 Å². The summed E-state index contributed by atoms with van der Waals surface area (Å²) in [5.41, 5.74) is 6.35. The third-order valence-electron chi connectivity index (χ3n) is 2.73. The minimum atomic E-state index is -1.06. The number of benzene rings is 1. The summed E-state index contributed by atoms with van der Waals surface area (Å²) in [5, 5.41) is 9.32. The molecule has 1 unspecified atom stereocenters. The third-order valence-corrected chi connectivity index (χ3v) is 2.73. The number of ether oxygens (including phenoxy) is 1. The van der Waals surface area contributed by atoms with Gasteiger partial charge in [0.25, 0.3) is 0 Å². The number of carboxylic acids is 1. The number of aliphatic carboxylic acids is 1. The van der Waals surface area contributed by atoms with Gasteiger partial charge in [-0.25, -0.2) is 4.79 Å². The average molecular weight is 303 g/mol. The molecule has 0 aliphatic rings. The molecular weight excluding hydrogens is 285 g/mol. The van der Waals surface area contributed by atoms with Gasteiger partial charge in [-0.05, 0) is 25.0 Å². The summed E-state index contributed by atoms with van der Waals surface area (Å²) in [5.74, 6) is -2.70. The van der Waals surface area contributed by atoms with Crippen molar-refractivity contribution in [3.8, 4) is 0 Å². The van der Waals surface area contributed by atoms with E-state index in [1.807, 2.05) is 0 Å². The Balaban J connectivity index is 0.00000361. The van der Waals surface area contributed by atoms with Crippen molar-refractivity contribution in [1.29, 1.82) is 0 Å². The fourth-order valence-corrected chi connectivity index (χ4v) is 1.75. The molecule has 1 aromatic rings. The van der Waals surface area contributed by atoms with E-state index < -0.39 is 17.9 Å². The van der Waals surface area contributed by atoms with Crippen molar-refractivity contribution in [2.24, 2.45) is 5.73 Å². The molecule has 0 fully saturated rings. The van der Waals surface area contributed by atoms with Gasteiger partial charge in [-0.1, -0.05) is 30.3 Å². The van der Waals surface area contributed by atoms with Crippen LogP contribution in [0.15, 0.2) is 41.6 Å². The first-order valence-electron chi connectivity index (χ1n) is 5.90. The molecule has 0 heterocycles. The van der Waals surface area contributed by atoms with Crippen molar-refractivity contribution in [3.63, 3.8) is 0 Å². The van der Waals surface area contributed by atoms with Crippen LogP contribution in [0.5, 0.6) is 0 Å². The van der Waals surface area contributed by atoms with Gasteiger partial charge < -0.3 is 15.6 Å². The topological polar surface area (TPSA) is 89.6 Å². The van der Waals surface area contributed by atoms with Crippen LogP contribution < -0.4 is 5.73 Å².